The molecule has 2 atom stereocenters. The summed E-state index contributed by atoms with van der Waals surface area (Å²) in [4.78, 5) is 41.2. The summed E-state index contributed by atoms with van der Waals surface area (Å²) in [5.74, 6) is 1.90. The summed E-state index contributed by atoms with van der Waals surface area (Å²) in [6.45, 7) is 5.45. The Labute approximate surface area is 282 Å². The zero-order valence-corrected chi connectivity index (χ0v) is 28.0. The molecule has 49 heavy (non-hydrogen) atoms. The average molecular weight is 674 g/mol. The smallest absolute Gasteiger partial charge is 0.408 e. The van der Waals surface area contributed by atoms with Gasteiger partial charge in [0, 0.05) is 38.5 Å². The highest BCUT2D eigenvalue weighted by Gasteiger charge is 2.31. The van der Waals surface area contributed by atoms with Gasteiger partial charge in [-0.25, -0.2) is 24.1 Å². The molecule has 5 heterocycles. The second kappa shape index (κ2) is 12.8. The van der Waals surface area contributed by atoms with Gasteiger partial charge >= 0.3 is 6.09 Å². The van der Waals surface area contributed by atoms with E-state index >= 15 is 0 Å². The maximum atomic E-state index is 13.9. The average Bonchev–Trinajstić information content (AvgIpc) is 3.42. The lowest BCUT2D eigenvalue weighted by molar-refractivity contribution is 0.0465. The van der Waals surface area contributed by atoms with E-state index in [1.165, 1.54) is 17.5 Å². The Morgan fingerprint density at radius 3 is 2.76 bits per heavy atom. The summed E-state index contributed by atoms with van der Waals surface area (Å²) in [7, 11) is 1.92. The third-order valence-corrected chi connectivity index (χ3v) is 8.83. The first-order valence-electron chi connectivity index (χ1n) is 16.5. The molecule has 0 spiro atoms. The Balaban J connectivity index is 1.18. The maximum Gasteiger partial charge on any atom is 0.408 e. The van der Waals surface area contributed by atoms with Crippen molar-refractivity contribution < 1.29 is 33.0 Å². The molecule has 1 aromatic carbocycles. The topological polar surface area (TPSA) is 150 Å². The molecule has 4 aromatic heterocycles. The lowest BCUT2D eigenvalue weighted by Gasteiger charge is -2.31. The Morgan fingerprint density at radius 2 is 2.04 bits per heavy atom. The van der Waals surface area contributed by atoms with Gasteiger partial charge in [-0.15, -0.1) is 0 Å². The lowest BCUT2D eigenvalue weighted by Crippen LogP contribution is -2.50. The van der Waals surface area contributed by atoms with E-state index in [9.17, 15) is 19.1 Å². The van der Waals surface area contributed by atoms with E-state index in [1.54, 1.807) is 26.8 Å². The van der Waals surface area contributed by atoms with E-state index in [4.69, 9.17) is 23.9 Å². The summed E-state index contributed by atoms with van der Waals surface area (Å²) in [6.07, 6.45) is 3.79. The van der Waals surface area contributed by atoms with Crippen LogP contribution in [0.3, 0.4) is 0 Å². The SMILES string of the molecule is Cn1c(-c2cc3cccc(OCC(O)c4cnco4)c3n2CC2CC2)nc2cc3c(nc21)CCN(C[C@@H](CF)NC(=O)OC(C)(C)C)C3=O. The summed E-state index contributed by atoms with van der Waals surface area (Å²) >= 11 is 0. The number of fused-ring (bicyclic) bond motifs is 3. The fourth-order valence-corrected chi connectivity index (χ4v) is 6.29. The third kappa shape index (κ3) is 6.69. The fourth-order valence-electron chi connectivity index (χ4n) is 6.29. The molecule has 13 nitrogen and oxygen atoms in total. The second-order valence-corrected chi connectivity index (χ2v) is 13.8. The number of rotatable bonds is 11. The summed E-state index contributed by atoms with van der Waals surface area (Å²) in [6, 6.07) is 8.76. The molecule has 5 aromatic rings. The number of aliphatic hydroxyl groups excluding tert-OH is 1. The normalized spacial score (nSPS) is 16.2. The van der Waals surface area contributed by atoms with E-state index in [0.717, 1.165) is 36.0 Å². The molecule has 1 aliphatic carbocycles. The number of ether oxygens (including phenoxy) is 2. The molecule has 2 amide bonds. The monoisotopic (exact) mass is 673 g/mol. The first-order valence-corrected chi connectivity index (χ1v) is 16.5. The number of hydrogen-bond acceptors (Lipinski definition) is 9. The van der Waals surface area contributed by atoms with Gasteiger partial charge in [0.05, 0.1) is 34.7 Å². The van der Waals surface area contributed by atoms with E-state index in [2.05, 4.69) is 20.9 Å². The van der Waals surface area contributed by atoms with Gasteiger partial charge < -0.3 is 38.3 Å². The van der Waals surface area contributed by atoms with Crippen molar-refractivity contribution in [2.24, 2.45) is 13.0 Å². The minimum absolute atomic E-state index is 0.000622. The number of amides is 2. The summed E-state index contributed by atoms with van der Waals surface area (Å²) in [5, 5.41) is 14.1. The van der Waals surface area contributed by atoms with Crippen LogP contribution in [0.1, 0.15) is 61.5 Å². The number of carbonyl (C=O) groups excluding carboxylic acids is 2. The number of oxazole rings is 1. The number of alkyl carbamates (subject to hydrolysis) is 1. The van der Waals surface area contributed by atoms with Crippen LogP contribution in [0.15, 0.2) is 47.3 Å². The van der Waals surface area contributed by atoms with Crippen molar-refractivity contribution in [3.05, 3.63) is 59.9 Å². The van der Waals surface area contributed by atoms with E-state index in [0.29, 0.717) is 58.6 Å². The second-order valence-electron chi connectivity index (χ2n) is 13.8. The van der Waals surface area contributed by atoms with Crippen molar-refractivity contribution in [2.45, 2.75) is 64.3 Å². The van der Waals surface area contributed by atoms with Gasteiger partial charge in [-0.3, -0.25) is 4.79 Å². The molecule has 0 bridgehead atoms. The molecule has 258 valence electrons. The van der Waals surface area contributed by atoms with Crippen molar-refractivity contribution in [1.82, 2.24) is 34.3 Å². The molecule has 1 unspecified atom stereocenters. The van der Waals surface area contributed by atoms with Gasteiger partial charge in [-0.2, -0.15) is 0 Å². The number of nitrogens with zero attached hydrogens (tertiary/aromatic N) is 6. The van der Waals surface area contributed by atoms with Crippen molar-refractivity contribution in [1.29, 1.82) is 0 Å². The standard InChI is InChI=1S/C35H40FN7O6/c1-35(2,3)49-34(46)38-22(14-36)17-42-11-10-24-23(33(42)45)13-25-31(39-24)41(4)32(40-25)26-12-21-6-5-7-28(30(21)43(26)16-20-8-9-20)47-18-27(44)29-15-37-19-48-29/h5-7,12-13,15,19-20,22,27,44H,8-11,14,16-18H2,1-4H3,(H,38,46)/t22-,27?/m1/s1. The number of halogens is 1. The van der Waals surface area contributed by atoms with Crippen LogP contribution in [0, 0.1) is 5.92 Å². The number of aliphatic hydroxyl groups is 1. The molecule has 2 aliphatic rings. The van der Waals surface area contributed by atoms with Gasteiger partial charge in [0.2, 0.25) is 0 Å². The highest BCUT2D eigenvalue weighted by molar-refractivity contribution is 5.99. The predicted molar refractivity (Wildman–Crippen MR) is 178 cm³/mol. The molecular weight excluding hydrogens is 633 g/mol. The van der Waals surface area contributed by atoms with Crippen LogP contribution in [0.25, 0.3) is 33.6 Å². The largest absolute Gasteiger partial charge is 0.488 e. The third-order valence-electron chi connectivity index (χ3n) is 8.83. The molecule has 1 fully saturated rings. The van der Waals surface area contributed by atoms with Crippen LogP contribution in [-0.2, 0) is 24.8 Å². The van der Waals surface area contributed by atoms with Crippen molar-refractivity contribution >= 4 is 34.1 Å². The molecule has 7 rings (SSSR count). The van der Waals surface area contributed by atoms with Gasteiger partial charge in [0.25, 0.3) is 5.91 Å². The van der Waals surface area contributed by atoms with Crippen molar-refractivity contribution in [3.8, 4) is 17.3 Å². The van der Waals surface area contributed by atoms with E-state index in [-0.39, 0.29) is 19.1 Å². The number of aromatic nitrogens is 5. The van der Waals surface area contributed by atoms with Crippen LogP contribution in [-0.4, -0.2) is 84.1 Å². The molecule has 1 aliphatic heterocycles. The number of benzene rings is 1. The van der Waals surface area contributed by atoms with E-state index < -0.39 is 30.5 Å². The van der Waals surface area contributed by atoms with Crippen LogP contribution >= 0.6 is 0 Å². The molecule has 1 saturated carbocycles. The van der Waals surface area contributed by atoms with Crippen molar-refractivity contribution in [3.63, 3.8) is 0 Å². The number of alkyl halides is 1. The quantitative estimate of drug-likeness (QED) is 0.198. The number of aryl methyl sites for hydroxylation is 1. The zero-order chi connectivity index (χ0) is 34.4. The minimum atomic E-state index is -0.969. The lowest BCUT2D eigenvalue weighted by atomic mass is 10.0. The number of nitrogens with one attached hydrogen (secondary N) is 1. The Bertz CT molecular complexity index is 2010. The maximum absolute atomic E-state index is 13.9. The van der Waals surface area contributed by atoms with Crippen LogP contribution < -0.4 is 10.1 Å². The van der Waals surface area contributed by atoms with Crippen LogP contribution in [0.5, 0.6) is 5.75 Å². The van der Waals surface area contributed by atoms with Gasteiger partial charge in [-0.05, 0) is 57.7 Å². The van der Waals surface area contributed by atoms with Crippen LogP contribution in [0.2, 0.25) is 0 Å². The minimum Gasteiger partial charge on any atom is -0.488 e. The van der Waals surface area contributed by atoms with Gasteiger partial charge in [-0.1, -0.05) is 12.1 Å². The number of carbonyl (C=O) groups is 2. The fraction of sp³-hybridized carbons (Fsp3) is 0.457. The van der Waals surface area contributed by atoms with Crippen LogP contribution in [0.4, 0.5) is 9.18 Å². The number of para-hydroxylation sites is 1. The number of imidazole rings is 1. The highest BCUT2D eigenvalue weighted by atomic mass is 19.1. The first kappa shape index (κ1) is 32.6. The Hall–Kier alpha value is -4.98. The number of pyridine rings is 1. The summed E-state index contributed by atoms with van der Waals surface area (Å²) < 4.78 is 34.8. The highest BCUT2D eigenvalue weighted by Crippen LogP contribution is 2.39. The molecule has 0 saturated heterocycles. The summed E-state index contributed by atoms with van der Waals surface area (Å²) in [5.41, 5.74) is 3.35. The number of hydrogen-bond donors (Lipinski definition) is 2. The predicted octanol–water partition coefficient (Wildman–Crippen LogP) is 4.96. The molecule has 14 heteroatoms. The Kier molecular flexibility index (Phi) is 8.51. The van der Waals surface area contributed by atoms with Gasteiger partial charge in [0.15, 0.2) is 23.6 Å². The molecule has 2 N–H and O–H groups in total. The molecular formula is C35H40FN7O6. The van der Waals surface area contributed by atoms with Gasteiger partial charge in [0.1, 0.15) is 36.3 Å². The Morgan fingerprint density at radius 1 is 1.22 bits per heavy atom. The first-order chi connectivity index (χ1) is 23.5. The van der Waals surface area contributed by atoms with Crippen molar-refractivity contribution in [2.75, 3.05) is 26.4 Å². The molecule has 0 radical (unpaired) electrons. The zero-order valence-electron chi connectivity index (χ0n) is 28.0. The van der Waals surface area contributed by atoms with E-state index in [1.807, 2.05) is 29.8 Å².